The molecular formula is C14H14BrNOS. The van der Waals surface area contributed by atoms with Crippen LogP contribution in [0, 0.1) is 6.92 Å². The molecule has 2 nitrogen and oxygen atoms in total. The molecular weight excluding hydrogens is 310 g/mol. The molecule has 0 atom stereocenters. The molecule has 0 bridgehead atoms. The molecule has 2 rings (SSSR count). The molecule has 0 aliphatic rings. The van der Waals surface area contributed by atoms with Crippen molar-refractivity contribution in [1.29, 1.82) is 0 Å². The summed E-state index contributed by atoms with van der Waals surface area (Å²) in [6.07, 6.45) is 1.39. The van der Waals surface area contributed by atoms with E-state index in [2.05, 4.69) is 27.0 Å². The van der Waals surface area contributed by atoms with E-state index in [1.165, 1.54) is 4.88 Å². The highest BCUT2D eigenvalue weighted by molar-refractivity contribution is 9.10. The van der Waals surface area contributed by atoms with Gasteiger partial charge < -0.3 is 4.79 Å². The van der Waals surface area contributed by atoms with Crippen molar-refractivity contribution in [2.24, 2.45) is 0 Å². The fraction of sp³-hybridized carbons (Fsp3) is 0.286. The van der Waals surface area contributed by atoms with E-state index >= 15 is 0 Å². The van der Waals surface area contributed by atoms with Crippen molar-refractivity contribution in [3.63, 3.8) is 0 Å². The zero-order valence-electron chi connectivity index (χ0n) is 10.4. The molecule has 94 valence electrons. The summed E-state index contributed by atoms with van der Waals surface area (Å²) in [4.78, 5) is 16.8. The molecule has 0 radical (unpaired) electrons. The number of thiazole rings is 1. The third-order valence-electron chi connectivity index (χ3n) is 2.70. The first-order valence-electron chi connectivity index (χ1n) is 5.78. The molecule has 0 amide bonds. The predicted molar refractivity (Wildman–Crippen MR) is 79.0 cm³/mol. The number of nitrogens with zero attached hydrogens (tertiary/aromatic N) is 1. The molecule has 0 saturated carbocycles. The van der Waals surface area contributed by atoms with Gasteiger partial charge in [-0.05, 0) is 26.3 Å². The summed E-state index contributed by atoms with van der Waals surface area (Å²) in [5, 5.41) is 1.01. The highest BCUT2D eigenvalue weighted by atomic mass is 79.9. The number of Topliss-reactive ketones (excluding diaryl/α,β-unsaturated/α-hetero) is 1. The highest BCUT2D eigenvalue weighted by Crippen LogP contribution is 2.33. The van der Waals surface area contributed by atoms with Crippen LogP contribution in [0.15, 0.2) is 28.7 Å². The maximum atomic E-state index is 11.0. The van der Waals surface area contributed by atoms with Gasteiger partial charge >= 0.3 is 0 Å². The number of hydrogen-bond acceptors (Lipinski definition) is 3. The molecule has 0 aliphatic carbocycles. The summed E-state index contributed by atoms with van der Waals surface area (Å²) < 4.78 is 1.05. The Kier molecular flexibility index (Phi) is 4.30. The van der Waals surface area contributed by atoms with Crippen LogP contribution in [0.4, 0.5) is 0 Å². The van der Waals surface area contributed by atoms with Gasteiger partial charge in [0.2, 0.25) is 0 Å². The Morgan fingerprint density at radius 1 is 1.39 bits per heavy atom. The second kappa shape index (κ2) is 5.76. The van der Waals surface area contributed by atoms with Gasteiger partial charge in [0.1, 0.15) is 10.8 Å². The maximum absolute atomic E-state index is 11.0. The van der Waals surface area contributed by atoms with Gasteiger partial charge in [-0.25, -0.2) is 4.98 Å². The van der Waals surface area contributed by atoms with Crippen molar-refractivity contribution in [3.05, 3.63) is 39.3 Å². The van der Waals surface area contributed by atoms with Crippen molar-refractivity contribution >= 4 is 33.0 Å². The van der Waals surface area contributed by atoms with Gasteiger partial charge in [0, 0.05) is 21.3 Å². The van der Waals surface area contributed by atoms with E-state index in [9.17, 15) is 4.79 Å². The number of aromatic nitrogens is 1. The van der Waals surface area contributed by atoms with Crippen molar-refractivity contribution in [1.82, 2.24) is 4.98 Å². The van der Waals surface area contributed by atoms with Crippen LogP contribution in [-0.4, -0.2) is 10.8 Å². The molecule has 1 heterocycles. The number of aryl methyl sites for hydroxylation is 2. The van der Waals surface area contributed by atoms with Crippen LogP contribution >= 0.6 is 27.3 Å². The summed E-state index contributed by atoms with van der Waals surface area (Å²) in [6, 6.07) is 8.06. The van der Waals surface area contributed by atoms with Crippen molar-refractivity contribution in [3.8, 4) is 10.6 Å². The SMILES string of the molecule is CC(=O)CCc1sc(-c2ccccc2Br)nc1C. The molecule has 1 aromatic carbocycles. The zero-order chi connectivity index (χ0) is 13.1. The highest BCUT2D eigenvalue weighted by Gasteiger charge is 2.11. The van der Waals surface area contributed by atoms with Gasteiger partial charge in [-0.2, -0.15) is 0 Å². The first-order valence-corrected chi connectivity index (χ1v) is 7.39. The molecule has 0 aliphatic heterocycles. The van der Waals surface area contributed by atoms with E-state index < -0.39 is 0 Å². The Bertz CT molecular complexity index is 577. The lowest BCUT2D eigenvalue weighted by molar-refractivity contribution is -0.116. The molecule has 4 heteroatoms. The molecule has 0 fully saturated rings. The topological polar surface area (TPSA) is 30.0 Å². The molecule has 0 unspecified atom stereocenters. The van der Waals surface area contributed by atoms with Gasteiger partial charge in [-0.3, -0.25) is 0 Å². The molecule has 2 aromatic rings. The second-order valence-corrected chi connectivity index (χ2v) is 6.15. The lowest BCUT2D eigenvalue weighted by Gasteiger charge is -1.98. The number of carbonyl (C=O) groups is 1. The van der Waals surface area contributed by atoms with E-state index in [1.807, 2.05) is 25.1 Å². The summed E-state index contributed by atoms with van der Waals surface area (Å²) >= 11 is 5.22. The van der Waals surface area contributed by atoms with Gasteiger partial charge in [0.15, 0.2) is 0 Å². The van der Waals surface area contributed by atoms with Gasteiger partial charge in [0.25, 0.3) is 0 Å². The van der Waals surface area contributed by atoms with Crippen LogP contribution in [-0.2, 0) is 11.2 Å². The third-order valence-corrected chi connectivity index (χ3v) is 4.64. The average Bonchev–Trinajstić information content (AvgIpc) is 2.68. The maximum Gasteiger partial charge on any atom is 0.130 e. The van der Waals surface area contributed by atoms with Crippen LogP contribution in [0.2, 0.25) is 0 Å². The molecule has 0 N–H and O–H groups in total. The van der Waals surface area contributed by atoms with Gasteiger partial charge in [0.05, 0.1) is 5.69 Å². The average molecular weight is 324 g/mol. The Morgan fingerprint density at radius 3 is 2.78 bits per heavy atom. The summed E-state index contributed by atoms with van der Waals surface area (Å²) in [6.45, 7) is 3.64. The minimum atomic E-state index is 0.227. The van der Waals surface area contributed by atoms with Crippen LogP contribution in [0.1, 0.15) is 23.9 Å². The number of rotatable bonds is 4. The number of carbonyl (C=O) groups excluding carboxylic acids is 1. The minimum Gasteiger partial charge on any atom is -0.300 e. The molecule has 0 spiro atoms. The lowest BCUT2D eigenvalue weighted by atomic mass is 10.2. The Morgan fingerprint density at radius 2 is 2.11 bits per heavy atom. The van der Waals surface area contributed by atoms with E-state index in [-0.39, 0.29) is 5.78 Å². The molecule has 1 aromatic heterocycles. The standard InChI is InChI=1S/C14H14BrNOS/c1-9(17)7-8-13-10(2)16-14(18-13)11-5-3-4-6-12(11)15/h3-6H,7-8H2,1-2H3. The van der Waals surface area contributed by atoms with E-state index in [1.54, 1.807) is 18.3 Å². The van der Waals surface area contributed by atoms with E-state index in [0.717, 1.165) is 27.2 Å². The smallest absolute Gasteiger partial charge is 0.130 e. The Balaban J connectivity index is 2.29. The van der Waals surface area contributed by atoms with Gasteiger partial charge in [-0.1, -0.05) is 34.1 Å². The van der Waals surface area contributed by atoms with E-state index in [0.29, 0.717) is 6.42 Å². The molecule has 0 saturated heterocycles. The Labute approximate surface area is 119 Å². The Hall–Kier alpha value is -1.000. The number of halogens is 1. The van der Waals surface area contributed by atoms with Crippen LogP contribution < -0.4 is 0 Å². The minimum absolute atomic E-state index is 0.227. The third kappa shape index (κ3) is 3.06. The van der Waals surface area contributed by atoms with Crippen LogP contribution in [0.25, 0.3) is 10.6 Å². The fourth-order valence-electron chi connectivity index (χ4n) is 1.70. The van der Waals surface area contributed by atoms with Crippen molar-refractivity contribution in [2.45, 2.75) is 26.7 Å². The fourth-order valence-corrected chi connectivity index (χ4v) is 3.40. The zero-order valence-corrected chi connectivity index (χ0v) is 12.8. The van der Waals surface area contributed by atoms with Crippen molar-refractivity contribution < 1.29 is 4.79 Å². The molecule has 18 heavy (non-hydrogen) atoms. The van der Waals surface area contributed by atoms with Crippen LogP contribution in [0.5, 0.6) is 0 Å². The first kappa shape index (κ1) is 13.4. The number of hydrogen-bond donors (Lipinski definition) is 0. The monoisotopic (exact) mass is 323 g/mol. The quantitative estimate of drug-likeness (QED) is 0.834. The summed E-state index contributed by atoms with van der Waals surface area (Å²) in [5.74, 6) is 0.227. The second-order valence-electron chi connectivity index (χ2n) is 4.21. The normalized spacial score (nSPS) is 10.6. The van der Waals surface area contributed by atoms with Gasteiger partial charge in [-0.15, -0.1) is 11.3 Å². The first-order chi connectivity index (χ1) is 8.58. The summed E-state index contributed by atoms with van der Waals surface area (Å²) in [5.41, 5.74) is 2.15. The number of ketones is 1. The predicted octanol–water partition coefficient (Wildman–Crippen LogP) is 4.40. The van der Waals surface area contributed by atoms with Crippen LogP contribution in [0.3, 0.4) is 0 Å². The largest absolute Gasteiger partial charge is 0.300 e. The number of benzene rings is 1. The lowest BCUT2D eigenvalue weighted by Crippen LogP contribution is -1.93. The van der Waals surface area contributed by atoms with Crippen molar-refractivity contribution in [2.75, 3.05) is 0 Å². The van der Waals surface area contributed by atoms with E-state index in [4.69, 9.17) is 0 Å². The summed E-state index contributed by atoms with van der Waals surface area (Å²) in [7, 11) is 0.